The molecule has 21 nitrogen and oxygen atoms in total. The molecular formula is C39H60N8O13. The molecule has 5 amide bonds. The number of urea groups is 1. The predicted octanol–water partition coefficient (Wildman–Crippen LogP) is 1.36. The summed E-state index contributed by atoms with van der Waals surface area (Å²) >= 11 is 0. The van der Waals surface area contributed by atoms with E-state index in [1.165, 1.54) is 0 Å². The fourth-order valence-electron chi connectivity index (χ4n) is 5.46. The Morgan fingerprint density at radius 2 is 1.18 bits per heavy atom. The van der Waals surface area contributed by atoms with Crippen LogP contribution in [0.5, 0.6) is 0 Å². The summed E-state index contributed by atoms with van der Waals surface area (Å²) in [6.45, 7) is 5.90. The number of hydrogen-bond acceptors (Lipinski definition) is 12. The first-order valence-electron chi connectivity index (χ1n) is 20.2. The minimum Gasteiger partial charge on any atom is -0.481 e. The summed E-state index contributed by atoms with van der Waals surface area (Å²) in [5, 5.41) is 48.4. The van der Waals surface area contributed by atoms with Crippen LogP contribution in [0.1, 0.15) is 97.5 Å². The number of nitrogens with one attached hydrogen (secondary N) is 5. The number of aromatic nitrogens is 3. The van der Waals surface area contributed by atoms with Gasteiger partial charge in [-0.15, -0.1) is 5.10 Å². The number of carbonyl (C=O) groups excluding carboxylic acids is 4. The molecule has 0 fully saturated rings. The van der Waals surface area contributed by atoms with E-state index in [9.17, 15) is 43.8 Å². The molecule has 0 unspecified atom stereocenters. The van der Waals surface area contributed by atoms with Gasteiger partial charge >= 0.3 is 23.9 Å². The van der Waals surface area contributed by atoms with Crippen molar-refractivity contribution in [3.63, 3.8) is 0 Å². The van der Waals surface area contributed by atoms with Crippen molar-refractivity contribution in [1.29, 1.82) is 0 Å². The lowest BCUT2D eigenvalue weighted by Gasteiger charge is -2.18. The zero-order valence-corrected chi connectivity index (χ0v) is 34.2. The molecule has 1 aromatic carbocycles. The van der Waals surface area contributed by atoms with E-state index in [0.717, 1.165) is 37.8 Å². The van der Waals surface area contributed by atoms with Crippen molar-refractivity contribution in [2.45, 2.75) is 96.2 Å². The van der Waals surface area contributed by atoms with Crippen LogP contribution >= 0.6 is 0 Å². The molecule has 0 radical (unpaired) electrons. The minimum absolute atomic E-state index is 0.0119. The predicted molar refractivity (Wildman–Crippen MR) is 214 cm³/mol. The minimum atomic E-state index is -1.47. The summed E-state index contributed by atoms with van der Waals surface area (Å²) in [5.74, 6) is -4.44. The van der Waals surface area contributed by atoms with Crippen LogP contribution in [0.4, 0.5) is 4.79 Å². The summed E-state index contributed by atoms with van der Waals surface area (Å²) in [5.41, 5.74) is 1.70. The van der Waals surface area contributed by atoms with Crippen LogP contribution in [0, 0.1) is 0 Å². The van der Waals surface area contributed by atoms with Gasteiger partial charge < -0.3 is 56.1 Å². The molecule has 0 saturated heterocycles. The average Bonchev–Trinajstić information content (AvgIpc) is 3.68. The van der Waals surface area contributed by atoms with E-state index < -0.39 is 42.4 Å². The Morgan fingerprint density at radius 1 is 0.650 bits per heavy atom. The molecule has 1 aromatic heterocycles. The van der Waals surface area contributed by atoms with E-state index in [-0.39, 0.29) is 30.6 Å². The van der Waals surface area contributed by atoms with Gasteiger partial charge in [0.05, 0.1) is 45.3 Å². The number of aryl methyl sites for hydroxylation is 2. The maximum absolute atomic E-state index is 12.6. The Balaban J connectivity index is 1.51. The maximum Gasteiger partial charge on any atom is 0.326 e. The van der Waals surface area contributed by atoms with Crippen molar-refractivity contribution in [3.8, 4) is 0 Å². The smallest absolute Gasteiger partial charge is 0.326 e. The van der Waals surface area contributed by atoms with Gasteiger partial charge in [0, 0.05) is 56.3 Å². The highest BCUT2D eigenvalue weighted by Crippen LogP contribution is 2.09. The summed E-state index contributed by atoms with van der Waals surface area (Å²) in [6, 6.07) is 2.67. The molecular weight excluding hydrogens is 788 g/mol. The molecule has 60 heavy (non-hydrogen) atoms. The number of carboxylic acids is 3. The third-order valence-corrected chi connectivity index (χ3v) is 8.79. The second-order valence-corrected chi connectivity index (χ2v) is 13.6. The number of hydrogen-bond donors (Lipinski definition) is 8. The normalized spacial score (nSPS) is 11.9. The number of rotatable bonds is 34. The topological polar surface area (TPSA) is 299 Å². The second-order valence-electron chi connectivity index (χ2n) is 13.6. The van der Waals surface area contributed by atoms with Crippen LogP contribution in [0.25, 0.3) is 0 Å². The zero-order chi connectivity index (χ0) is 44.0. The monoisotopic (exact) mass is 848 g/mol. The van der Waals surface area contributed by atoms with Crippen LogP contribution in [-0.4, -0.2) is 143 Å². The Bertz CT molecular complexity index is 1620. The lowest BCUT2D eigenvalue weighted by Crippen LogP contribution is -2.51. The van der Waals surface area contributed by atoms with Gasteiger partial charge in [0.2, 0.25) is 5.91 Å². The Labute approximate surface area is 348 Å². The van der Waals surface area contributed by atoms with Crippen LogP contribution in [0.2, 0.25) is 0 Å². The molecule has 8 N–H and O–H groups in total. The zero-order valence-electron chi connectivity index (χ0n) is 34.2. The first-order chi connectivity index (χ1) is 28.9. The van der Waals surface area contributed by atoms with E-state index in [1.807, 2.05) is 6.20 Å². The molecule has 0 bridgehead atoms. The van der Waals surface area contributed by atoms with Crippen molar-refractivity contribution in [2.24, 2.45) is 0 Å². The van der Waals surface area contributed by atoms with E-state index in [1.54, 1.807) is 35.9 Å². The van der Waals surface area contributed by atoms with Crippen molar-refractivity contribution in [2.75, 3.05) is 59.3 Å². The summed E-state index contributed by atoms with van der Waals surface area (Å²) < 4.78 is 17.9. The fourth-order valence-corrected chi connectivity index (χ4v) is 5.46. The van der Waals surface area contributed by atoms with Crippen molar-refractivity contribution in [1.82, 2.24) is 41.6 Å². The van der Waals surface area contributed by atoms with Gasteiger partial charge in [-0.25, -0.2) is 14.4 Å². The quantitative estimate of drug-likeness (QED) is 0.0461. The second kappa shape index (κ2) is 30.4. The highest BCUT2D eigenvalue weighted by atomic mass is 16.5. The number of unbranched alkanes of at least 4 members (excludes halogenated alkanes) is 4. The molecule has 334 valence electrons. The summed E-state index contributed by atoms with van der Waals surface area (Å²) in [6.07, 6.45) is 6.72. The lowest BCUT2D eigenvalue weighted by molar-refractivity contribution is -0.141. The van der Waals surface area contributed by atoms with Crippen LogP contribution in [-0.2, 0) is 46.4 Å². The van der Waals surface area contributed by atoms with E-state index >= 15 is 0 Å². The fraction of sp³-hybridized carbons (Fsp3) is 0.615. The number of ether oxygens (including phenoxy) is 3. The van der Waals surface area contributed by atoms with Crippen LogP contribution < -0.4 is 26.6 Å². The molecule has 1 heterocycles. The van der Waals surface area contributed by atoms with E-state index in [0.29, 0.717) is 96.2 Å². The summed E-state index contributed by atoms with van der Waals surface area (Å²) in [4.78, 5) is 81.9. The standard InChI is InChI=1S/C39H60N8O13/c1-2-33(48)40-18-21-58-23-25-60-26-24-59-22-19-42-36(52)29-13-11-28(12-14-29)35(51)41-17-7-4-3-5-9-30-27-47(46-45-30)20-8-6-10-31(37(53)54)43-39(57)44-32(38(55)56)15-16-34(49)50/h11-14,27,31-32H,2-10,15-26H2,1H3,(H,40,48)(H,41,51)(H,42,52)(H,49,50)(H,53,54)(H,55,56)(H2,43,44,57)/t31-,32-/m0/s1. The molecule has 0 spiro atoms. The van der Waals surface area contributed by atoms with E-state index in [4.69, 9.17) is 19.3 Å². The first kappa shape index (κ1) is 50.5. The number of amides is 5. The van der Waals surface area contributed by atoms with Crippen LogP contribution in [0.15, 0.2) is 30.5 Å². The molecule has 2 atom stereocenters. The highest BCUT2D eigenvalue weighted by Gasteiger charge is 2.24. The van der Waals surface area contributed by atoms with Crippen molar-refractivity contribution >= 4 is 41.7 Å². The molecule has 0 aliphatic heterocycles. The molecule has 0 aliphatic carbocycles. The van der Waals surface area contributed by atoms with Gasteiger partial charge in [-0.3, -0.25) is 23.9 Å². The van der Waals surface area contributed by atoms with Crippen molar-refractivity contribution in [3.05, 3.63) is 47.3 Å². The van der Waals surface area contributed by atoms with Crippen LogP contribution in [0.3, 0.4) is 0 Å². The number of carboxylic acid groups (broad SMARTS) is 3. The SMILES string of the molecule is CCC(=O)NCCOCCOCCOCCNC(=O)c1ccc(C(=O)NCCCCCCc2cn(CCCC[C@H](NC(=O)N[C@@H](CCC(=O)O)C(=O)O)C(=O)O)nn2)cc1. The van der Waals surface area contributed by atoms with E-state index in [2.05, 4.69) is 36.9 Å². The highest BCUT2D eigenvalue weighted by molar-refractivity contribution is 5.97. The molecule has 2 aromatic rings. The maximum atomic E-state index is 12.6. The number of aliphatic carboxylic acids is 3. The molecule has 0 aliphatic rings. The number of benzene rings is 1. The van der Waals surface area contributed by atoms with Crippen molar-refractivity contribution < 1.29 is 63.1 Å². The van der Waals surface area contributed by atoms with Gasteiger partial charge in [0.1, 0.15) is 12.1 Å². The Hall–Kier alpha value is -5.67. The Morgan fingerprint density at radius 3 is 1.75 bits per heavy atom. The molecule has 0 saturated carbocycles. The van der Waals surface area contributed by atoms with Gasteiger partial charge in [-0.2, -0.15) is 0 Å². The molecule has 21 heteroatoms. The molecule has 2 rings (SSSR count). The first-order valence-corrected chi connectivity index (χ1v) is 20.2. The third-order valence-electron chi connectivity index (χ3n) is 8.79. The lowest BCUT2D eigenvalue weighted by atomic mass is 10.1. The number of carbonyl (C=O) groups is 7. The summed E-state index contributed by atoms with van der Waals surface area (Å²) in [7, 11) is 0. The third kappa shape index (κ3) is 23.1. The average molecular weight is 849 g/mol. The Kier molecular flexibility index (Phi) is 25.6. The van der Waals surface area contributed by atoms with Gasteiger partial charge in [-0.05, 0) is 69.2 Å². The largest absolute Gasteiger partial charge is 0.481 e. The van der Waals surface area contributed by atoms with Gasteiger partial charge in [-0.1, -0.05) is 25.0 Å². The van der Waals surface area contributed by atoms with Gasteiger partial charge in [0.25, 0.3) is 11.8 Å². The number of nitrogens with zero attached hydrogens (tertiary/aromatic N) is 3. The van der Waals surface area contributed by atoms with Gasteiger partial charge in [0.15, 0.2) is 0 Å².